The van der Waals surface area contributed by atoms with Crippen molar-refractivity contribution in [2.45, 2.75) is 58.5 Å². The average molecular weight is 182 g/mol. The van der Waals surface area contributed by atoms with E-state index in [0.29, 0.717) is 0 Å². The fraction of sp³-hybridized carbons (Fsp3) is 0.833. The van der Waals surface area contributed by atoms with Crippen LogP contribution in [0.25, 0.3) is 0 Å². The minimum Gasteiger partial charge on any atom is -0.390 e. The van der Waals surface area contributed by atoms with Gasteiger partial charge in [-0.2, -0.15) is 0 Å². The van der Waals surface area contributed by atoms with E-state index >= 15 is 0 Å². The molecule has 13 heavy (non-hydrogen) atoms. The first kappa shape index (κ1) is 10.8. The van der Waals surface area contributed by atoms with Crippen LogP contribution in [0.15, 0.2) is 12.2 Å². The van der Waals surface area contributed by atoms with E-state index in [1.54, 1.807) is 0 Å². The normalized spacial score (nSPS) is 39.4. The Balaban J connectivity index is 2.59. The van der Waals surface area contributed by atoms with Gasteiger partial charge in [-0.15, -0.1) is 6.58 Å². The first-order valence-corrected chi connectivity index (χ1v) is 5.24. The van der Waals surface area contributed by atoms with E-state index in [9.17, 15) is 5.11 Å². The summed E-state index contributed by atoms with van der Waals surface area (Å²) < 4.78 is 0. The summed E-state index contributed by atoms with van der Waals surface area (Å²) in [7, 11) is 0. The highest BCUT2D eigenvalue weighted by Crippen LogP contribution is 2.49. The van der Waals surface area contributed by atoms with Crippen LogP contribution in [0.4, 0.5) is 0 Å². The third-order valence-electron chi connectivity index (χ3n) is 3.80. The summed E-state index contributed by atoms with van der Waals surface area (Å²) in [5, 5.41) is 10.2. The van der Waals surface area contributed by atoms with Crippen molar-refractivity contribution in [2.75, 3.05) is 0 Å². The topological polar surface area (TPSA) is 20.2 Å². The summed E-state index contributed by atoms with van der Waals surface area (Å²) >= 11 is 0. The van der Waals surface area contributed by atoms with Gasteiger partial charge in [-0.3, -0.25) is 0 Å². The molecule has 0 heterocycles. The molecule has 0 spiro atoms. The molecule has 0 radical (unpaired) electrons. The van der Waals surface area contributed by atoms with E-state index in [1.165, 1.54) is 12.0 Å². The van der Waals surface area contributed by atoms with Crippen LogP contribution < -0.4 is 0 Å². The second-order valence-electron chi connectivity index (χ2n) is 5.15. The van der Waals surface area contributed by atoms with Crippen LogP contribution in [-0.4, -0.2) is 10.7 Å². The maximum Gasteiger partial charge on any atom is 0.0673 e. The zero-order valence-corrected chi connectivity index (χ0v) is 9.19. The smallest absolute Gasteiger partial charge is 0.0673 e. The van der Waals surface area contributed by atoms with Crippen LogP contribution in [0.2, 0.25) is 0 Å². The number of hydrogen-bond donors (Lipinski definition) is 1. The van der Waals surface area contributed by atoms with E-state index in [1.807, 2.05) is 6.92 Å². The van der Waals surface area contributed by atoms with Crippen LogP contribution in [0.3, 0.4) is 0 Å². The van der Waals surface area contributed by atoms with Gasteiger partial charge in [0.1, 0.15) is 0 Å². The van der Waals surface area contributed by atoms with Crippen LogP contribution in [-0.2, 0) is 0 Å². The standard InChI is InChI=1S/C12H22O/c1-10(2)6-9-11(3)7-5-8-12(11,4)13/h13H,1,5-9H2,2-4H3. The van der Waals surface area contributed by atoms with Crippen molar-refractivity contribution >= 4 is 0 Å². The summed E-state index contributed by atoms with van der Waals surface area (Å²) in [5.74, 6) is 0. The van der Waals surface area contributed by atoms with E-state index in [0.717, 1.165) is 25.7 Å². The molecule has 76 valence electrons. The predicted octanol–water partition coefficient (Wildman–Crippen LogP) is 3.28. The molecule has 0 bridgehead atoms. The summed E-state index contributed by atoms with van der Waals surface area (Å²) in [4.78, 5) is 0. The highest BCUT2D eigenvalue weighted by molar-refractivity contribution is 5.01. The van der Waals surface area contributed by atoms with E-state index in [-0.39, 0.29) is 5.41 Å². The summed E-state index contributed by atoms with van der Waals surface area (Å²) in [6.07, 6.45) is 5.41. The molecule has 2 atom stereocenters. The Morgan fingerprint density at radius 3 is 2.38 bits per heavy atom. The van der Waals surface area contributed by atoms with E-state index in [2.05, 4.69) is 20.4 Å². The fourth-order valence-corrected chi connectivity index (χ4v) is 2.28. The summed E-state index contributed by atoms with van der Waals surface area (Å²) in [6.45, 7) is 10.2. The maximum absolute atomic E-state index is 10.2. The van der Waals surface area contributed by atoms with Crippen molar-refractivity contribution in [3.63, 3.8) is 0 Å². The molecule has 1 rings (SSSR count). The minimum atomic E-state index is -0.456. The van der Waals surface area contributed by atoms with Crippen molar-refractivity contribution in [1.29, 1.82) is 0 Å². The molecule has 1 aliphatic rings. The lowest BCUT2D eigenvalue weighted by Gasteiger charge is -2.37. The van der Waals surface area contributed by atoms with E-state index < -0.39 is 5.60 Å². The Kier molecular flexibility index (Phi) is 2.86. The van der Waals surface area contributed by atoms with Gasteiger partial charge in [0.25, 0.3) is 0 Å². The molecule has 1 heteroatoms. The molecule has 1 saturated carbocycles. The Bertz CT molecular complexity index is 205. The van der Waals surface area contributed by atoms with Gasteiger partial charge in [-0.25, -0.2) is 0 Å². The van der Waals surface area contributed by atoms with Crippen molar-refractivity contribution < 1.29 is 5.11 Å². The minimum absolute atomic E-state index is 0.117. The number of hydrogen-bond acceptors (Lipinski definition) is 1. The molecule has 0 aliphatic heterocycles. The van der Waals surface area contributed by atoms with Crippen molar-refractivity contribution in [2.24, 2.45) is 5.41 Å². The lowest BCUT2D eigenvalue weighted by atomic mass is 9.73. The van der Waals surface area contributed by atoms with Gasteiger partial charge in [0.2, 0.25) is 0 Å². The van der Waals surface area contributed by atoms with Gasteiger partial charge < -0.3 is 5.11 Å². The van der Waals surface area contributed by atoms with E-state index in [4.69, 9.17) is 0 Å². The first-order chi connectivity index (χ1) is 5.87. The van der Waals surface area contributed by atoms with Crippen molar-refractivity contribution in [3.05, 3.63) is 12.2 Å². The fourth-order valence-electron chi connectivity index (χ4n) is 2.28. The van der Waals surface area contributed by atoms with Gasteiger partial charge in [0, 0.05) is 0 Å². The zero-order valence-electron chi connectivity index (χ0n) is 9.19. The van der Waals surface area contributed by atoms with Crippen LogP contribution in [0, 0.1) is 5.41 Å². The van der Waals surface area contributed by atoms with Crippen molar-refractivity contribution in [3.8, 4) is 0 Å². The summed E-state index contributed by atoms with van der Waals surface area (Å²) in [5.41, 5.74) is 0.887. The largest absolute Gasteiger partial charge is 0.390 e. The second kappa shape index (κ2) is 3.45. The number of allylic oxidation sites excluding steroid dienone is 1. The first-order valence-electron chi connectivity index (χ1n) is 5.24. The molecule has 0 saturated heterocycles. The monoisotopic (exact) mass is 182 g/mol. The zero-order chi connectivity index (χ0) is 10.1. The molecular weight excluding hydrogens is 160 g/mol. The molecule has 1 N–H and O–H groups in total. The Hall–Kier alpha value is -0.300. The van der Waals surface area contributed by atoms with Gasteiger partial charge >= 0.3 is 0 Å². The molecule has 2 unspecified atom stereocenters. The Morgan fingerprint density at radius 1 is 1.38 bits per heavy atom. The van der Waals surface area contributed by atoms with Crippen molar-refractivity contribution in [1.82, 2.24) is 0 Å². The lowest BCUT2D eigenvalue weighted by Crippen LogP contribution is -2.38. The molecule has 0 amide bonds. The molecule has 1 nitrogen and oxygen atoms in total. The second-order valence-corrected chi connectivity index (χ2v) is 5.15. The SMILES string of the molecule is C=C(C)CCC1(C)CCCC1(C)O. The molecule has 1 aliphatic carbocycles. The number of aliphatic hydroxyl groups is 1. The average Bonchev–Trinajstić information content (AvgIpc) is 2.24. The van der Waals surface area contributed by atoms with Gasteiger partial charge in [0.05, 0.1) is 5.60 Å². The third kappa shape index (κ3) is 2.14. The number of rotatable bonds is 3. The Morgan fingerprint density at radius 2 is 2.00 bits per heavy atom. The van der Waals surface area contributed by atoms with Crippen LogP contribution in [0.5, 0.6) is 0 Å². The van der Waals surface area contributed by atoms with Gasteiger partial charge in [-0.1, -0.05) is 12.5 Å². The lowest BCUT2D eigenvalue weighted by molar-refractivity contribution is -0.0398. The molecular formula is C12H22O. The quantitative estimate of drug-likeness (QED) is 0.664. The summed E-state index contributed by atoms with van der Waals surface area (Å²) in [6, 6.07) is 0. The van der Waals surface area contributed by atoms with Crippen LogP contribution >= 0.6 is 0 Å². The molecule has 0 aromatic heterocycles. The highest BCUT2D eigenvalue weighted by Gasteiger charge is 2.46. The third-order valence-corrected chi connectivity index (χ3v) is 3.80. The highest BCUT2D eigenvalue weighted by atomic mass is 16.3. The van der Waals surface area contributed by atoms with Gasteiger partial charge in [0.15, 0.2) is 0 Å². The van der Waals surface area contributed by atoms with Crippen LogP contribution in [0.1, 0.15) is 52.9 Å². The van der Waals surface area contributed by atoms with Gasteiger partial charge in [-0.05, 0) is 51.4 Å². The molecule has 1 fully saturated rings. The predicted molar refractivity (Wildman–Crippen MR) is 56.6 cm³/mol. The molecule has 0 aromatic rings. The molecule has 0 aromatic carbocycles. The Labute approximate surface area is 81.9 Å². The maximum atomic E-state index is 10.2.